The topological polar surface area (TPSA) is 29.3 Å². The van der Waals surface area contributed by atoms with Crippen LogP contribution in [0.25, 0.3) is 0 Å². The summed E-state index contributed by atoms with van der Waals surface area (Å²) in [5.41, 5.74) is 8.09. The summed E-state index contributed by atoms with van der Waals surface area (Å²) in [6.07, 6.45) is 1.27. The molecule has 2 nitrogen and oxygen atoms in total. The van der Waals surface area contributed by atoms with Gasteiger partial charge in [0.25, 0.3) is 0 Å². The van der Waals surface area contributed by atoms with Crippen molar-refractivity contribution in [3.8, 4) is 0 Å². The van der Waals surface area contributed by atoms with Crippen molar-refractivity contribution in [2.75, 3.05) is 18.8 Å². The van der Waals surface area contributed by atoms with Gasteiger partial charge in [0.05, 0.1) is 0 Å². The van der Waals surface area contributed by atoms with E-state index in [1.54, 1.807) is 0 Å². The van der Waals surface area contributed by atoms with Gasteiger partial charge in [-0.1, -0.05) is 12.1 Å². The number of hydrogen-bond donors (Lipinski definition) is 1. The van der Waals surface area contributed by atoms with Crippen LogP contribution >= 0.6 is 0 Å². The van der Waals surface area contributed by atoms with Crippen molar-refractivity contribution in [1.82, 2.24) is 4.90 Å². The highest BCUT2D eigenvalue weighted by Gasteiger charge is 2.25. The molecule has 2 N–H and O–H groups in total. The fourth-order valence-corrected chi connectivity index (χ4v) is 2.34. The van der Waals surface area contributed by atoms with Gasteiger partial charge in [-0.15, -0.1) is 0 Å². The number of anilines is 1. The summed E-state index contributed by atoms with van der Waals surface area (Å²) in [5.74, 6) is 0.677. The second-order valence-corrected chi connectivity index (χ2v) is 4.74. The molecule has 0 radical (unpaired) electrons. The average Bonchev–Trinajstić information content (AvgIpc) is 2.66. The van der Waals surface area contributed by atoms with E-state index < -0.39 is 0 Å². The molecule has 2 heteroatoms. The fraction of sp³-hybridized carbons (Fsp3) is 0.538. The lowest BCUT2D eigenvalue weighted by Gasteiger charge is -2.20. The highest BCUT2D eigenvalue weighted by Crippen LogP contribution is 2.29. The Hall–Kier alpha value is -1.02. The van der Waals surface area contributed by atoms with E-state index in [-0.39, 0.29) is 0 Å². The molecule has 1 fully saturated rings. The second kappa shape index (κ2) is 4.23. The molecular weight excluding hydrogens is 184 g/mol. The third-order valence-electron chi connectivity index (χ3n) is 3.33. The van der Waals surface area contributed by atoms with Crippen molar-refractivity contribution in [2.24, 2.45) is 0 Å². The molecule has 15 heavy (non-hydrogen) atoms. The van der Waals surface area contributed by atoms with Gasteiger partial charge >= 0.3 is 0 Å². The van der Waals surface area contributed by atoms with Crippen LogP contribution in [0.1, 0.15) is 31.7 Å². The summed E-state index contributed by atoms with van der Waals surface area (Å²) in [6, 6.07) is 9.00. The van der Waals surface area contributed by atoms with Crippen LogP contribution in [0.2, 0.25) is 0 Å². The van der Waals surface area contributed by atoms with Gasteiger partial charge in [-0.2, -0.15) is 0 Å². The van der Waals surface area contributed by atoms with E-state index in [0.29, 0.717) is 12.0 Å². The quantitative estimate of drug-likeness (QED) is 0.750. The molecule has 0 saturated carbocycles. The van der Waals surface area contributed by atoms with E-state index in [4.69, 9.17) is 5.73 Å². The highest BCUT2D eigenvalue weighted by atomic mass is 15.2. The number of nitrogens with two attached hydrogens (primary N) is 1. The van der Waals surface area contributed by atoms with Crippen molar-refractivity contribution in [3.63, 3.8) is 0 Å². The normalized spacial score (nSPS) is 22.5. The summed E-state index contributed by atoms with van der Waals surface area (Å²) < 4.78 is 0. The molecule has 0 aliphatic carbocycles. The van der Waals surface area contributed by atoms with Gasteiger partial charge in [-0.25, -0.2) is 0 Å². The molecule has 1 aromatic carbocycles. The lowest BCUT2D eigenvalue weighted by molar-refractivity contribution is 0.272. The Morgan fingerprint density at radius 3 is 2.80 bits per heavy atom. The smallest absolute Gasteiger partial charge is 0.0316 e. The maximum absolute atomic E-state index is 5.81. The van der Waals surface area contributed by atoms with Crippen molar-refractivity contribution < 1.29 is 0 Å². The van der Waals surface area contributed by atoms with Crippen LogP contribution in [0.4, 0.5) is 5.69 Å². The predicted octanol–water partition coefficient (Wildman–Crippen LogP) is 2.47. The van der Waals surface area contributed by atoms with Crippen LogP contribution in [-0.2, 0) is 0 Å². The van der Waals surface area contributed by atoms with Gasteiger partial charge in [0.15, 0.2) is 0 Å². The molecule has 0 aromatic heterocycles. The largest absolute Gasteiger partial charge is 0.399 e. The zero-order valence-corrected chi connectivity index (χ0v) is 9.61. The van der Waals surface area contributed by atoms with E-state index in [1.165, 1.54) is 25.1 Å². The number of rotatable bonds is 2. The third kappa shape index (κ3) is 2.32. The molecule has 1 heterocycles. The number of nitrogens with zero attached hydrogens (tertiary/aromatic N) is 1. The number of likely N-dealkylation sites (tertiary alicyclic amines) is 1. The van der Waals surface area contributed by atoms with Crippen molar-refractivity contribution in [3.05, 3.63) is 29.8 Å². The SMILES string of the molecule is CC(C)N1CCC(c2cccc(N)c2)C1. The first-order valence-corrected chi connectivity index (χ1v) is 5.76. The van der Waals surface area contributed by atoms with Gasteiger partial charge < -0.3 is 10.6 Å². The summed E-state index contributed by atoms with van der Waals surface area (Å²) >= 11 is 0. The molecule has 0 spiro atoms. The lowest BCUT2D eigenvalue weighted by atomic mass is 9.98. The Morgan fingerprint density at radius 1 is 1.40 bits per heavy atom. The Labute approximate surface area is 92.1 Å². The van der Waals surface area contributed by atoms with Gasteiger partial charge in [0.2, 0.25) is 0 Å². The molecule has 2 rings (SSSR count). The van der Waals surface area contributed by atoms with Crippen LogP contribution in [0.15, 0.2) is 24.3 Å². The van der Waals surface area contributed by atoms with Crippen molar-refractivity contribution in [1.29, 1.82) is 0 Å². The van der Waals surface area contributed by atoms with Gasteiger partial charge in [-0.05, 0) is 50.4 Å². The minimum Gasteiger partial charge on any atom is -0.399 e. The van der Waals surface area contributed by atoms with Gasteiger partial charge in [-0.3, -0.25) is 0 Å². The zero-order valence-electron chi connectivity index (χ0n) is 9.61. The zero-order chi connectivity index (χ0) is 10.8. The van der Waals surface area contributed by atoms with Crippen LogP contribution in [0, 0.1) is 0 Å². The molecule has 0 bridgehead atoms. The first-order valence-electron chi connectivity index (χ1n) is 5.76. The molecule has 0 amide bonds. The summed E-state index contributed by atoms with van der Waals surface area (Å²) in [6.45, 7) is 6.93. The fourth-order valence-electron chi connectivity index (χ4n) is 2.34. The standard InChI is InChI=1S/C13H20N2/c1-10(2)15-7-6-12(9-15)11-4-3-5-13(14)8-11/h3-5,8,10,12H,6-7,9,14H2,1-2H3. The minimum absolute atomic E-state index is 0.663. The Balaban J connectivity index is 2.08. The molecule has 82 valence electrons. The van der Waals surface area contributed by atoms with Crippen LogP contribution in [0.3, 0.4) is 0 Å². The minimum atomic E-state index is 0.663. The number of nitrogen functional groups attached to an aromatic ring is 1. The van der Waals surface area contributed by atoms with E-state index >= 15 is 0 Å². The van der Waals surface area contributed by atoms with Crippen LogP contribution in [-0.4, -0.2) is 24.0 Å². The molecule has 1 atom stereocenters. The number of benzene rings is 1. The monoisotopic (exact) mass is 204 g/mol. The number of hydrogen-bond acceptors (Lipinski definition) is 2. The molecular formula is C13H20N2. The maximum atomic E-state index is 5.81. The van der Waals surface area contributed by atoms with E-state index in [0.717, 1.165) is 5.69 Å². The Kier molecular flexibility index (Phi) is 2.96. The molecule has 1 aliphatic rings. The Morgan fingerprint density at radius 2 is 2.20 bits per heavy atom. The molecule has 1 unspecified atom stereocenters. The first-order chi connectivity index (χ1) is 7.16. The van der Waals surface area contributed by atoms with E-state index in [9.17, 15) is 0 Å². The van der Waals surface area contributed by atoms with Gasteiger partial charge in [0, 0.05) is 18.3 Å². The first kappa shape index (κ1) is 10.5. The van der Waals surface area contributed by atoms with E-state index in [1.807, 2.05) is 6.07 Å². The van der Waals surface area contributed by atoms with Crippen molar-refractivity contribution >= 4 is 5.69 Å². The second-order valence-electron chi connectivity index (χ2n) is 4.74. The van der Waals surface area contributed by atoms with E-state index in [2.05, 4.69) is 36.9 Å². The third-order valence-corrected chi connectivity index (χ3v) is 3.33. The summed E-state index contributed by atoms with van der Waals surface area (Å²) in [4.78, 5) is 2.54. The Bertz CT molecular complexity index is 333. The highest BCUT2D eigenvalue weighted by molar-refractivity contribution is 5.42. The molecule has 1 saturated heterocycles. The maximum Gasteiger partial charge on any atom is 0.0316 e. The molecule has 1 aliphatic heterocycles. The summed E-state index contributed by atoms with van der Waals surface area (Å²) in [7, 11) is 0. The van der Waals surface area contributed by atoms with Crippen LogP contribution < -0.4 is 5.73 Å². The molecule has 1 aromatic rings. The predicted molar refractivity (Wildman–Crippen MR) is 64.9 cm³/mol. The van der Waals surface area contributed by atoms with Crippen molar-refractivity contribution in [2.45, 2.75) is 32.2 Å². The lowest BCUT2D eigenvalue weighted by Crippen LogP contribution is -2.27. The summed E-state index contributed by atoms with van der Waals surface area (Å²) in [5, 5.41) is 0. The van der Waals surface area contributed by atoms with Gasteiger partial charge in [0.1, 0.15) is 0 Å². The average molecular weight is 204 g/mol. The van der Waals surface area contributed by atoms with Crippen LogP contribution in [0.5, 0.6) is 0 Å².